The number of nitrogens with one attached hydrogen (secondary N) is 3. The third kappa shape index (κ3) is 4.69. The zero-order chi connectivity index (χ0) is 22.1. The molecule has 1 aliphatic carbocycles. The number of H-pyrrole nitrogens is 1. The molecule has 2 aliphatic rings. The largest absolute Gasteiger partial charge is 0.381 e. The molecule has 3 aromatic rings. The summed E-state index contributed by atoms with van der Waals surface area (Å²) in [5.74, 6) is 1.50. The molecule has 2 fully saturated rings. The van der Waals surface area contributed by atoms with Crippen LogP contribution in [0.25, 0.3) is 0 Å². The average Bonchev–Trinajstić information content (AvgIpc) is 3.53. The Labute approximate surface area is 184 Å². The molecule has 5 rings (SSSR count). The van der Waals surface area contributed by atoms with Crippen LogP contribution in [0.2, 0.25) is 0 Å². The number of hydrogen-bond donors (Lipinski definition) is 3. The van der Waals surface area contributed by atoms with E-state index in [2.05, 4.69) is 35.8 Å². The van der Waals surface area contributed by atoms with Gasteiger partial charge in [-0.15, -0.1) is 0 Å². The summed E-state index contributed by atoms with van der Waals surface area (Å²) < 4.78 is 32.9. The van der Waals surface area contributed by atoms with Crippen molar-refractivity contribution in [2.45, 2.75) is 50.5 Å². The lowest BCUT2D eigenvalue weighted by Crippen LogP contribution is -2.14. The van der Waals surface area contributed by atoms with Crippen LogP contribution in [0.3, 0.4) is 0 Å². The molecule has 1 aliphatic heterocycles. The van der Waals surface area contributed by atoms with Crippen LogP contribution in [0.4, 0.5) is 26.5 Å². The minimum absolute atomic E-state index is 0.300. The second-order valence-electron chi connectivity index (χ2n) is 8.37. The first-order valence-corrected chi connectivity index (χ1v) is 10.9. The number of anilines is 3. The second kappa shape index (κ2) is 8.78. The van der Waals surface area contributed by atoms with Gasteiger partial charge in [0.05, 0.1) is 6.04 Å². The van der Waals surface area contributed by atoms with Crippen LogP contribution in [0.5, 0.6) is 0 Å². The van der Waals surface area contributed by atoms with Crippen LogP contribution in [-0.2, 0) is 4.74 Å². The molecule has 8 nitrogen and oxygen atoms in total. The smallest absolute Gasteiger partial charge is 0.233 e. The molecule has 1 saturated carbocycles. The van der Waals surface area contributed by atoms with E-state index in [-0.39, 0.29) is 0 Å². The molecule has 2 aromatic heterocycles. The summed E-state index contributed by atoms with van der Waals surface area (Å²) in [7, 11) is 0. The maximum Gasteiger partial charge on any atom is 0.233 e. The zero-order valence-corrected chi connectivity index (χ0v) is 17.7. The van der Waals surface area contributed by atoms with Gasteiger partial charge in [0.1, 0.15) is 17.5 Å². The van der Waals surface area contributed by atoms with Crippen LogP contribution in [0.15, 0.2) is 24.3 Å². The van der Waals surface area contributed by atoms with E-state index in [4.69, 9.17) is 4.74 Å². The Hall–Kier alpha value is -3.14. The summed E-state index contributed by atoms with van der Waals surface area (Å²) in [6.07, 6.45) is 3.99. The number of aromatic amines is 1. The summed E-state index contributed by atoms with van der Waals surface area (Å²) >= 11 is 0. The molecule has 3 N–H and O–H groups in total. The van der Waals surface area contributed by atoms with Gasteiger partial charge in [-0.25, -0.2) is 8.78 Å². The third-order valence-corrected chi connectivity index (χ3v) is 5.87. The lowest BCUT2D eigenvalue weighted by Gasteiger charge is -2.20. The van der Waals surface area contributed by atoms with Crippen molar-refractivity contribution >= 4 is 17.7 Å². The highest BCUT2D eigenvalue weighted by molar-refractivity contribution is 5.50. The van der Waals surface area contributed by atoms with Gasteiger partial charge in [0, 0.05) is 48.4 Å². The van der Waals surface area contributed by atoms with E-state index in [0.717, 1.165) is 50.7 Å². The van der Waals surface area contributed by atoms with Crippen molar-refractivity contribution in [2.75, 3.05) is 23.8 Å². The molecule has 1 saturated heterocycles. The lowest BCUT2D eigenvalue weighted by atomic mass is 9.97. The van der Waals surface area contributed by atoms with E-state index < -0.39 is 17.7 Å². The number of nitrogens with zero attached hydrogens (tertiary/aromatic N) is 4. The van der Waals surface area contributed by atoms with E-state index in [1.807, 2.05) is 6.07 Å². The molecule has 10 heteroatoms. The van der Waals surface area contributed by atoms with Crippen molar-refractivity contribution in [3.05, 3.63) is 53.0 Å². The quantitative estimate of drug-likeness (QED) is 0.494. The van der Waals surface area contributed by atoms with Gasteiger partial charge >= 0.3 is 0 Å². The van der Waals surface area contributed by atoms with Crippen molar-refractivity contribution in [3.8, 4) is 0 Å². The lowest BCUT2D eigenvalue weighted by molar-refractivity contribution is 0.0845. The Kier molecular flexibility index (Phi) is 5.69. The molecule has 3 heterocycles. The minimum atomic E-state index is -0.614. The SMILES string of the molecule is CC(Nc1nc(Nc2cc(C3CCOCC3)[nH]n2)nc(C2CC2)n1)c1ccc(F)cc1F. The topological polar surface area (TPSA) is 101 Å². The summed E-state index contributed by atoms with van der Waals surface area (Å²) in [6.45, 7) is 3.29. The van der Waals surface area contributed by atoms with Gasteiger partial charge in [0.25, 0.3) is 0 Å². The van der Waals surface area contributed by atoms with Crippen LogP contribution in [-0.4, -0.2) is 38.4 Å². The van der Waals surface area contributed by atoms with Gasteiger partial charge < -0.3 is 15.4 Å². The highest BCUT2D eigenvalue weighted by atomic mass is 19.1. The fourth-order valence-electron chi connectivity index (χ4n) is 3.89. The molecule has 0 radical (unpaired) electrons. The van der Waals surface area contributed by atoms with Gasteiger partial charge in [-0.05, 0) is 38.7 Å². The van der Waals surface area contributed by atoms with Gasteiger partial charge in [-0.3, -0.25) is 5.10 Å². The summed E-state index contributed by atoms with van der Waals surface area (Å²) in [6, 6.07) is 5.05. The number of hydrogen-bond acceptors (Lipinski definition) is 7. The number of aromatic nitrogens is 5. The minimum Gasteiger partial charge on any atom is -0.381 e. The van der Waals surface area contributed by atoms with Gasteiger partial charge in [0.15, 0.2) is 5.82 Å². The van der Waals surface area contributed by atoms with Crippen molar-refractivity contribution in [2.24, 2.45) is 0 Å². The maximum absolute atomic E-state index is 14.2. The summed E-state index contributed by atoms with van der Waals surface area (Å²) in [5, 5.41) is 13.7. The van der Waals surface area contributed by atoms with Gasteiger partial charge in [-0.2, -0.15) is 20.1 Å². The maximum atomic E-state index is 14.2. The number of rotatable bonds is 7. The monoisotopic (exact) mass is 441 g/mol. The molecule has 1 atom stereocenters. The van der Waals surface area contributed by atoms with E-state index >= 15 is 0 Å². The Bertz CT molecular complexity index is 1100. The molecule has 168 valence electrons. The fraction of sp³-hybridized carbons (Fsp3) is 0.455. The van der Waals surface area contributed by atoms with Gasteiger partial charge in [0.2, 0.25) is 11.9 Å². The molecule has 0 amide bonds. The molecule has 0 spiro atoms. The Morgan fingerprint density at radius 2 is 1.78 bits per heavy atom. The van der Waals surface area contributed by atoms with E-state index in [9.17, 15) is 8.78 Å². The average molecular weight is 441 g/mol. The predicted molar refractivity (Wildman–Crippen MR) is 115 cm³/mol. The number of ether oxygens (including phenoxy) is 1. The first-order valence-electron chi connectivity index (χ1n) is 10.9. The van der Waals surface area contributed by atoms with Gasteiger partial charge in [-0.1, -0.05) is 6.07 Å². The Morgan fingerprint density at radius 1 is 1.00 bits per heavy atom. The zero-order valence-electron chi connectivity index (χ0n) is 17.7. The molecule has 32 heavy (non-hydrogen) atoms. The molecule has 1 aromatic carbocycles. The van der Waals surface area contributed by atoms with E-state index in [0.29, 0.717) is 40.9 Å². The normalized spacial score (nSPS) is 17.8. The van der Waals surface area contributed by atoms with Crippen molar-refractivity contribution in [1.82, 2.24) is 25.1 Å². The first-order chi connectivity index (χ1) is 15.5. The highest BCUT2D eigenvalue weighted by Crippen LogP contribution is 2.39. The molecular weight excluding hydrogens is 416 g/mol. The van der Waals surface area contributed by atoms with Crippen LogP contribution in [0, 0.1) is 11.6 Å². The second-order valence-corrected chi connectivity index (χ2v) is 8.37. The van der Waals surface area contributed by atoms with Crippen molar-refractivity contribution in [1.29, 1.82) is 0 Å². The van der Waals surface area contributed by atoms with Crippen molar-refractivity contribution in [3.63, 3.8) is 0 Å². The predicted octanol–water partition coefficient (Wildman–Crippen LogP) is 4.56. The standard InChI is InChI=1S/C22H25F2N7O/c1-12(16-5-4-15(23)10-17(16)24)25-21-27-20(14-2-3-14)28-22(29-21)26-19-11-18(30-31-19)13-6-8-32-9-7-13/h4-5,10-14H,2-3,6-9H2,1H3,(H3,25,26,27,28,29,30,31). The summed E-state index contributed by atoms with van der Waals surface area (Å²) in [5.41, 5.74) is 1.40. The van der Waals surface area contributed by atoms with Crippen molar-refractivity contribution < 1.29 is 13.5 Å². The highest BCUT2D eigenvalue weighted by Gasteiger charge is 2.28. The van der Waals surface area contributed by atoms with Crippen LogP contribution < -0.4 is 10.6 Å². The Balaban J connectivity index is 1.35. The first kappa shape index (κ1) is 20.7. The Morgan fingerprint density at radius 3 is 2.53 bits per heavy atom. The van der Waals surface area contributed by atoms with E-state index in [1.165, 1.54) is 12.1 Å². The third-order valence-electron chi connectivity index (χ3n) is 5.87. The summed E-state index contributed by atoms with van der Waals surface area (Å²) in [4.78, 5) is 13.5. The number of benzene rings is 1. The fourth-order valence-corrected chi connectivity index (χ4v) is 3.89. The van der Waals surface area contributed by atoms with Crippen LogP contribution >= 0.6 is 0 Å². The molecule has 0 bridgehead atoms. The molecule has 1 unspecified atom stereocenters. The van der Waals surface area contributed by atoms with Crippen LogP contribution in [0.1, 0.15) is 67.6 Å². The number of halogens is 2. The van der Waals surface area contributed by atoms with E-state index in [1.54, 1.807) is 6.92 Å². The molecular formula is C22H25F2N7O.